The Labute approximate surface area is 115 Å². The van der Waals surface area contributed by atoms with E-state index in [0.29, 0.717) is 13.1 Å². The molecule has 4 heteroatoms. The number of carbonyl (C=O) groups is 2. The van der Waals surface area contributed by atoms with Crippen molar-refractivity contribution in [2.75, 3.05) is 13.1 Å². The summed E-state index contributed by atoms with van der Waals surface area (Å²) in [5.41, 5.74) is 0.962. The minimum atomic E-state index is -0.309. The molecular formula is C15H22N2O2. The highest BCUT2D eigenvalue weighted by atomic mass is 16.1. The van der Waals surface area contributed by atoms with Crippen molar-refractivity contribution in [3.8, 4) is 0 Å². The van der Waals surface area contributed by atoms with E-state index in [1.54, 1.807) is 9.80 Å². The zero-order chi connectivity index (χ0) is 14.1. The number of hydrogen-bond donors (Lipinski definition) is 0. The van der Waals surface area contributed by atoms with Gasteiger partial charge in [0.15, 0.2) is 0 Å². The smallest absolute Gasteiger partial charge is 0.211 e. The third-order valence-electron chi connectivity index (χ3n) is 2.96. The quantitative estimate of drug-likeness (QED) is 0.506. The monoisotopic (exact) mass is 262 g/mol. The van der Waals surface area contributed by atoms with E-state index in [1.165, 1.54) is 0 Å². The Morgan fingerprint density at radius 2 is 1.42 bits per heavy atom. The molecule has 0 aromatic heterocycles. The molecule has 4 nitrogen and oxygen atoms in total. The second-order valence-corrected chi connectivity index (χ2v) is 4.47. The predicted molar refractivity (Wildman–Crippen MR) is 75.3 cm³/mol. The van der Waals surface area contributed by atoms with Crippen LogP contribution in [0.2, 0.25) is 0 Å². The molecule has 0 fully saturated rings. The third kappa shape index (κ3) is 4.09. The molecule has 0 aliphatic rings. The molecule has 0 aliphatic heterocycles. The van der Waals surface area contributed by atoms with Crippen molar-refractivity contribution in [3.63, 3.8) is 0 Å². The van der Waals surface area contributed by atoms with Crippen molar-refractivity contribution in [2.24, 2.45) is 0 Å². The standard InChI is InChI=1S/C15H22N2O2/c1-3-10-16(12-18)15(17(13-19)11-4-2)14-8-6-5-7-9-14/h5-9,12-13,15H,3-4,10-11H2,1-2H3. The van der Waals surface area contributed by atoms with Crippen LogP contribution < -0.4 is 0 Å². The van der Waals surface area contributed by atoms with E-state index in [-0.39, 0.29) is 6.17 Å². The summed E-state index contributed by atoms with van der Waals surface area (Å²) >= 11 is 0. The molecule has 104 valence electrons. The van der Waals surface area contributed by atoms with Crippen LogP contribution in [-0.2, 0) is 9.59 Å². The molecule has 0 bridgehead atoms. The molecule has 0 N–H and O–H groups in total. The lowest BCUT2D eigenvalue weighted by Crippen LogP contribution is -2.41. The Morgan fingerprint density at radius 3 is 1.79 bits per heavy atom. The van der Waals surface area contributed by atoms with Crippen molar-refractivity contribution < 1.29 is 9.59 Å². The highest BCUT2D eigenvalue weighted by molar-refractivity contribution is 5.53. The van der Waals surface area contributed by atoms with E-state index in [0.717, 1.165) is 31.2 Å². The van der Waals surface area contributed by atoms with E-state index in [1.807, 2.05) is 44.2 Å². The van der Waals surface area contributed by atoms with Crippen molar-refractivity contribution >= 4 is 12.8 Å². The van der Waals surface area contributed by atoms with E-state index < -0.39 is 0 Å². The molecule has 1 rings (SSSR count). The maximum Gasteiger partial charge on any atom is 0.211 e. The Bertz CT molecular complexity index is 363. The second-order valence-electron chi connectivity index (χ2n) is 4.47. The van der Waals surface area contributed by atoms with Crippen LogP contribution in [0.25, 0.3) is 0 Å². The van der Waals surface area contributed by atoms with Crippen molar-refractivity contribution in [1.82, 2.24) is 9.80 Å². The first-order valence-corrected chi connectivity index (χ1v) is 6.75. The topological polar surface area (TPSA) is 40.6 Å². The lowest BCUT2D eigenvalue weighted by Gasteiger charge is -2.35. The average Bonchev–Trinajstić information content (AvgIpc) is 2.46. The summed E-state index contributed by atoms with van der Waals surface area (Å²) in [6, 6.07) is 9.67. The average molecular weight is 262 g/mol. The lowest BCUT2D eigenvalue weighted by atomic mass is 10.1. The SMILES string of the molecule is CCCN(C=O)C(c1ccccc1)N(C=O)CCC. The molecule has 1 aromatic carbocycles. The van der Waals surface area contributed by atoms with Gasteiger partial charge < -0.3 is 9.80 Å². The van der Waals surface area contributed by atoms with Gasteiger partial charge in [-0.25, -0.2) is 0 Å². The van der Waals surface area contributed by atoms with Crippen molar-refractivity contribution in [1.29, 1.82) is 0 Å². The number of benzene rings is 1. The highest BCUT2D eigenvalue weighted by Crippen LogP contribution is 2.23. The molecule has 1 aromatic rings. The second kappa shape index (κ2) is 8.29. The first-order valence-electron chi connectivity index (χ1n) is 6.75. The van der Waals surface area contributed by atoms with Gasteiger partial charge >= 0.3 is 0 Å². The number of nitrogens with zero attached hydrogens (tertiary/aromatic N) is 2. The molecule has 0 spiro atoms. The Hall–Kier alpha value is -1.84. The Morgan fingerprint density at radius 1 is 0.947 bits per heavy atom. The zero-order valence-corrected chi connectivity index (χ0v) is 11.7. The molecule has 0 heterocycles. The predicted octanol–water partition coefficient (Wildman–Crippen LogP) is 2.42. The highest BCUT2D eigenvalue weighted by Gasteiger charge is 2.23. The molecule has 0 saturated carbocycles. The van der Waals surface area contributed by atoms with E-state index in [4.69, 9.17) is 0 Å². The van der Waals surface area contributed by atoms with Crippen molar-refractivity contribution in [2.45, 2.75) is 32.9 Å². The molecule has 0 atom stereocenters. The van der Waals surface area contributed by atoms with E-state index in [9.17, 15) is 9.59 Å². The third-order valence-corrected chi connectivity index (χ3v) is 2.96. The molecule has 0 saturated heterocycles. The van der Waals surface area contributed by atoms with Crippen LogP contribution in [0.1, 0.15) is 38.4 Å². The van der Waals surface area contributed by atoms with Gasteiger partial charge in [-0.1, -0.05) is 44.2 Å². The van der Waals surface area contributed by atoms with Crippen LogP contribution in [-0.4, -0.2) is 35.7 Å². The maximum atomic E-state index is 11.3. The van der Waals surface area contributed by atoms with Crippen LogP contribution in [0, 0.1) is 0 Å². The summed E-state index contributed by atoms with van der Waals surface area (Å²) in [6.45, 7) is 5.31. The maximum absolute atomic E-state index is 11.3. The summed E-state index contributed by atoms with van der Waals surface area (Å²) in [5, 5.41) is 0. The molecule has 2 amide bonds. The van der Waals surface area contributed by atoms with E-state index >= 15 is 0 Å². The minimum Gasteiger partial charge on any atom is -0.321 e. The van der Waals surface area contributed by atoms with Crippen LogP contribution in [0.5, 0.6) is 0 Å². The number of rotatable bonds is 9. The van der Waals surface area contributed by atoms with E-state index in [2.05, 4.69) is 0 Å². The van der Waals surface area contributed by atoms with Gasteiger partial charge in [0.25, 0.3) is 0 Å². The summed E-state index contributed by atoms with van der Waals surface area (Å²) in [7, 11) is 0. The molecule has 0 unspecified atom stereocenters. The zero-order valence-electron chi connectivity index (χ0n) is 11.7. The van der Waals surface area contributed by atoms with Crippen LogP contribution >= 0.6 is 0 Å². The summed E-state index contributed by atoms with van der Waals surface area (Å²) < 4.78 is 0. The Kier molecular flexibility index (Phi) is 6.64. The van der Waals surface area contributed by atoms with Crippen LogP contribution in [0.3, 0.4) is 0 Å². The summed E-state index contributed by atoms with van der Waals surface area (Å²) in [5.74, 6) is 0. The molecule has 19 heavy (non-hydrogen) atoms. The fourth-order valence-corrected chi connectivity index (χ4v) is 2.18. The van der Waals surface area contributed by atoms with Gasteiger partial charge in [-0.15, -0.1) is 0 Å². The van der Waals surface area contributed by atoms with Gasteiger partial charge in [0.05, 0.1) is 0 Å². The lowest BCUT2D eigenvalue weighted by molar-refractivity contribution is -0.132. The van der Waals surface area contributed by atoms with Gasteiger partial charge in [-0.3, -0.25) is 9.59 Å². The largest absolute Gasteiger partial charge is 0.321 e. The molecule has 0 radical (unpaired) electrons. The van der Waals surface area contributed by atoms with Gasteiger partial charge in [0.1, 0.15) is 6.17 Å². The van der Waals surface area contributed by atoms with Crippen molar-refractivity contribution in [3.05, 3.63) is 35.9 Å². The van der Waals surface area contributed by atoms with Gasteiger partial charge in [-0.05, 0) is 18.4 Å². The fourth-order valence-electron chi connectivity index (χ4n) is 2.18. The fraction of sp³-hybridized carbons (Fsp3) is 0.467. The number of hydrogen-bond acceptors (Lipinski definition) is 2. The number of amides is 2. The number of carbonyl (C=O) groups excluding carboxylic acids is 2. The van der Waals surface area contributed by atoms with Gasteiger partial charge in [-0.2, -0.15) is 0 Å². The molecule has 0 aliphatic carbocycles. The first-order chi connectivity index (χ1) is 9.28. The van der Waals surface area contributed by atoms with Crippen LogP contribution in [0.15, 0.2) is 30.3 Å². The normalized spacial score (nSPS) is 10.3. The van der Waals surface area contributed by atoms with Gasteiger partial charge in [0, 0.05) is 13.1 Å². The molecular weight excluding hydrogens is 240 g/mol. The van der Waals surface area contributed by atoms with Gasteiger partial charge in [0.2, 0.25) is 12.8 Å². The summed E-state index contributed by atoms with van der Waals surface area (Å²) in [4.78, 5) is 26.0. The Balaban J connectivity index is 3.08. The summed E-state index contributed by atoms with van der Waals surface area (Å²) in [6.07, 6.45) is 3.07. The first kappa shape index (κ1) is 15.2. The van der Waals surface area contributed by atoms with Crippen LogP contribution in [0.4, 0.5) is 0 Å². The minimum absolute atomic E-state index is 0.309.